The highest BCUT2D eigenvalue weighted by atomic mass is 19.4. The van der Waals surface area contributed by atoms with E-state index < -0.39 is 24.7 Å². The number of ether oxygens (including phenoxy) is 1. The number of esters is 1. The van der Waals surface area contributed by atoms with Crippen molar-refractivity contribution in [2.24, 2.45) is 5.92 Å². The van der Waals surface area contributed by atoms with E-state index in [4.69, 9.17) is 0 Å². The molecular weight excluding hydrogens is 359 g/mol. The van der Waals surface area contributed by atoms with Gasteiger partial charge in [0.2, 0.25) is 0 Å². The highest BCUT2D eigenvalue weighted by Gasteiger charge is 2.33. The minimum atomic E-state index is -4.61. The minimum Gasteiger partial charge on any atom is -0.449 e. The molecule has 27 heavy (non-hydrogen) atoms. The molecule has 1 aliphatic carbocycles. The molecule has 1 fully saturated rings. The van der Waals surface area contributed by atoms with Crippen LogP contribution in [0.1, 0.15) is 37.3 Å². The Labute approximate surface area is 157 Å². The molecule has 7 heteroatoms. The van der Waals surface area contributed by atoms with Gasteiger partial charge in [0.25, 0.3) is 0 Å². The van der Waals surface area contributed by atoms with Crippen molar-refractivity contribution >= 4 is 18.0 Å². The third-order valence-electron chi connectivity index (χ3n) is 4.42. The molecule has 1 heterocycles. The quantitative estimate of drug-likeness (QED) is 0.544. The molecule has 2 aliphatic rings. The van der Waals surface area contributed by atoms with E-state index in [0.717, 1.165) is 12.8 Å². The summed E-state index contributed by atoms with van der Waals surface area (Å²) < 4.78 is 39.2. The lowest BCUT2D eigenvalue weighted by molar-refractivity contribution is -0.189. The number of aryl methyl sites for hydroxylation is 1. The van der Waals surface area contributed by atoms with Gasteiger partial charge in [-0.2, -0.15) is 13.2 Å². The predicted octanol–water partition coefficient (Wildman–Crippen LogP) is 4.00. The maximum absolute atomic E-state index is 11.8. The van der Waals surface area contributed by atoms with E-state index in [2.05, 4.69) is 41.2 Å². The van der Waals surface area contributed by atoms with Gasteiger partial charge in [-0.1, -0.05) is 43.3 Å². The normalized spacial score (nSPS) is 18.8. The Bertz CT molecular complexity index is 685. The zero-order chi connectivity index (χ0) is 19.9. The number of hydrogen-bond donors (Lipinski definition) is 0. The summed E-state index contributed by atoms with van der Waals surface area (Å²) in [5, 5.41) is 0. The lowest BCUT2D eigenvalue weighted by Crippen LogP contribution is -2.44. The Kier molecular flexibility index (Phi) is 7.45. The molecule has 0 spiro atoms. The summed E-state index contributed by atoms with van der Waals surface area (Å²) in [5.74, 6) is -2.17. The van der Waals surface area contributed by atoms with Gasteiger partial charge in [-0.3, -0.25) is 4.79 Å². The molecule has 1 atom stereocenters. The number of fused-ring (bicyclic) bond motifs is 1. The van der Waals surface area contributed by atoms with Crippen LogP contribution in [0.4, 0.5) is 13.2 Å². The zero-order valence-electron chi connectivity index (χ0n) is 15.3. The third-order valence-corrected chi connectivity index (χ3v) is 4.42. The Morgan fingerprint density at radius 2 is 2.00 bits per heavy atom. The first kappa shape index (κ1) is 21.0. The number of carbonyl (C=O) groups excluding carboxylic acids is 2. The van der Waals surface area contributed by atoms with Crippen molar-refractivity contribution in [2.45, 2.75) is 38.8 Å². The average Bonchev–Trinajstić information content (AvgIpc) is 2.65. The molecule has 1 aromatic rings. The van der Waals surface area contributed by atoms with Gasteiger partial charge in [0.05, 0.1) is 0 Å². The van der Waals surface area contributed by atoms with E-state index in [1.807, 2.05) is 6.92 Å². The van der Waals surface area contributed by atoms with Crippen LogP contribution in [0.3, 0.4) is 0 Å². The summed E-state index contributed by atoms with van der Waals surface area (Å²) >= 11 is 0. The van der Waals surface area contributed by atoms with Crippen LogP contribution in [0.5, 0.6) is 0 Å². The van der Waals surface area contributed by atoms with Crippen LogP contribution in [-0.4, -0.2) is 42.6 Å². The van der Waals surface area contributed by atoms with Crippen LogP contribution < -0.4 is 0 Å². The van der Waals surface area contributed by atoms with Crippen LogP contribution in [0, 0.1) is 5.92 Å². The van der Waals surface area contributed by atoms with Crippen LogP contribution >= 0.6 is 0 Å². The molecule has 0 N–H and O–H groups in total. The van der Waals surface area contributed by atoms with Gasteiger partial charge in [-0.05, 0) is 42.7 Å². The number of nitrogens with zero attached hydrogens (tertiary/aromatic N) is 1. The van der Waals surface area contributed by atoms with Gasteiger partial charge >= 0.3 is 18.1 Å². The van der Waals surface area contributed by atoms with E-state index in [9.17, 15) is 22.8 Å². The van der Waals surface area contributed by atoms with E-state index >= 15 is 0 Å². The topological polar surface area (TPSA) is 46.6 Å². The maximum Gasteiger partial charge on any atom is 0.422 e. The summed E-state index contributed by atoms with van der Waals surface area (Å²) in [6, 6.07) is 8.58. The van der Waals surface area contributed by atoms with Crippen molar-refractivity contribution < 1.29 is 27.5 Å². The summed E-state index contributed by atoms with van der Waals surface area (Å²) in [6.07, 6.45) is 3.96. The largest absolute Gasteiger partial charge is 0.449 e. The summed E-state index contributed by atoms with van der Waals surface area (Å²) in [6.45, 7) is 0.978. The first-order valence-corrected chi connectivity index (χ1v) is 9.03. The maximum atomic E-state index is 11.8. The lowest BCUT2D eigenvalue weighted by Gasteiger charge is -2.29. The van der Waals surface area contributed by atoms with E-state index in [0.29, 0.717) is 13.1 Å². The second kappa shape index (κ2) is 9.58. The summed E-state index contributed by atoms with van der Waals surface area (Å²) in [4.78, 5) is 23.8. The van der Waals surface area contributed by atoms with Crippen molar-refractivity contribution in [1.29, 1.82) is 0 Å². The minimum absolute atomic E-state index is 0.253. The second-order valence-corrected chi connectivity index (χ2v) is 6.83. The lowest BCUT2D eigenvalue weighted by atomic mass is 9.98. The molecule has 0 saturated carbocycles. The molecule has 1 amide bonds. The highest BCUT2D eigenvalue weighted by Crippen LogP contribution is 2.18. The molecule has 3 rings (SSSR count). The average molecular weight is 383 g/mol. The predicted molar refractivity (Wildman–Crippen MR) is 95.8 cm³/mol. The molecule has 1 aromatic carbocycles. The highest BCUT2D eigenvalue weighted by molar-refractivity contribution is 6.32. The number of alkyl halides is 3. The van der Waals surface area contributed by atoms with Crippen molar-refractivity contribution in [1.82, 2.24) is 4.90 Å². The smallest absolute Gasteiger partial charge is 0.422 e. The monoisotopic (exact) mass is 383 g/mol. The number of rotatable bonds is 1. The molecule has 1 saturated heterocycles. The standard InChI is InChI=1S/C10H14F3NO3.C10H10/c1-7-3-2-4-14(5-7)8(15)9(16)17-6-10(11,12)13;1-2-6-10-8-4-3-7-9(10)5-1/h7H,2-6H2,1H3;1-3,5-7H,4,8H2. The number of hydrogen-bond acceptors (Lipinski definition) is 3. The fraction of sp³-hybridized carbons (Fsp3) is 0.500. The molecule has 0 bridgehead atoms. The van der Waals surface area contributed by atoms with E-state index in [1.54, 1.807) is 0 Å². The second-order valence-electron chi connectivity index (χ2n) is 6.83. The van der Waals surface area contributed by atoms with Gasteiger partial charge in [0.15, 0.2) is 6.61 Å². The van der Waals surface area contributed by atoms with Gasteiger partial charge < -0.3 is 9.64 Å². The Morgan fingerprint density at radius 1 is 1.26 bits per heavy atom. The Morgan fingerprint density at radius 3 is 2.67 bits per heavy atom. The van der Waals surface area contributed by atoms with Crippen molar-refractivity contribution in [2.75, 3.05) is 19.7 Å². The van der Waals surface area contributed by atoms with Gasteiger partial charge in [0, 0.05) is 13.1 Å². The molecule has 0 radical (unpaired) electrons. The van der Waals surface area contributed by atoms with E-state index in [1.165, 1.54) is 28.9 Å². The van der Waals surface area contributed by atoms with Crippen molar-refractivity contribution in [3.05, 3.63) is 41.5 Å². The van der Waals surface area contributed by atoms with Gasteiger partial charge in [0.1, 0.15) is 0 Å². The first-order chi connectivity index (χ1) is 12.8. The SMILES string of the molecule is C1=Cc2ccccc2CC1.CC1CCCN(C(=O)C(=O)OCC(F)(F)F)C1. The summed E-state index contributed by atoms with van der Waals surface area (Å²) in [5.41, 5.74) is 2.89. The van der Waals surface area contributed by atoms with Crippen molar-refractivity contribution in [3.8, 4) is 0 Å². The molecule has 148 valence electrons. The molecule has 4 nitrogen and oxygen atoms in total. The first-order valence-electron chi connectivity index (χ1n) is 9.03. The molecule has 1 unspecified atom stereocenters. The number of benzene rings is 1. The fourth-order valence-electron chi connectivity index (χ4n) is 3.09. The summed E-state index contributed by atoms with van der Waals surface area (Å²) in [7, 11) is 0. The number of allylic oxidation sites excluding steroid dienone is 1. The fourth-order valence-corrected chi connectivity index (χ4v) is 3.09. The number of carbonyl (C=O) groups is 2. The van der Waals surface area contributed by atoms with Crippen LogP contribution in [-0.2, 0) is 20.7 Å². The van der Waals surface area contributed by atoms with Gasteiger partial charge in [-0.15, -0.1) is 0 Å². The van der Waals surface area contributed by atoms with E-state index in [-0.39, 0.29) is 5.92 Å². The van der Waals surface area contributed by atoms with Crippen LogP contribution in [0.15, 0.2) is 30.3 Å². The molecule has 0 aromatic heterocycles. The number of halogens is 3. The number of likely N-dealkylation sites (tertiary alicyclic amines) is 1. The molecule has 1 aliphatic heterocycles. The van der Waals surface area contributed by atoms with Gasteiger partial charge in [-0.25, -0.2) is 4.79 Å². The van der Waals surface area contributed by atoms with Crippen LogP contribution in [0.25, 0.3) is 6.08 Å². The zero-order valence-corrected chi connectivity index (χ0v) is 15.3. The Hall–Kier alpha value is -2.31. The third kappa shape index (κ3) is 7.07. The van der Waals surface area contributed by atoms with Crippen LogP contribution in [0.2, 0.25) is 0 Å². The Balaban J connectivity index is 0.000000219. The van der Waals surface area contributed by atoms with Crippen molar-refractivity contribution in [3.63, 3.8) is 0 Å². The number of amides is 1. The molecular formula is C20H24F3NO3. The number of piperidine rings is 1.